The first-order chi connectivity index (χ1) is 10.0. The summed E-state index contributed by atoms with van der Waals surface area (Å²) in [7, 11) is -3.46. The van der Waals surface area contributed by atoms with Crippen molar-refractivity contribution in [1.82, 2.24) is 4.31 Å². The summed E-state index contributed by atoms with van der Waals surface area (Å²) in [6, 6.07) is 5.34. The summed E-state index contributed by atoms with van der Waals surface area (Å²) in [6.45, 7) is 2.68. The predicted molar refractivity (Wildman–Crippen MR) is 90.1 cm³/mol. The zero-order valence-electron chi connectivity index (χ0n) is 12.2. The quantitative estimate of drug-likeness (QED) is 0.703. The van der Waals surface area contributed by atoms with Crippen LogP contribution in [0.15, 0.2) is 27.6 Å². The molecule has 0 N–H and O–H groups in total. The minimum absolute atomic E-state index is 0.108. The summed E-state index contributed by atoms with van der Waals surface area (Å²) in [5.74, 6) is 0.375. The zero-order chi connectivity index (χ0) is 15.5. The van der Waals surface area contributed by atoms with E-state index in [2.05, 4.69) is 22.9 Å². The second kappa shape index (κ2) is 7.44. The minimum atomic E-state index is -3.46. The molecule has 0 amide bonds. The molecular formula is C15H21BrClNO2S. The van der Waals surface area contributed by atoms with Crippen molar-refractivity contribution in [3.8, 4) is 0 Å². The number of sulfonamides is 1. The summed E-state index contributed by atoms with van der Waals surface area (Å²) in [4.78, 5) is 0.344. The summed E-state index contributed by atoms with van der Waals surface area (Å²) >= 11 is 9.19. The molecule has 1 aliphatic heterocycles. The number of halogens is 2. The largest absolute Gasteiger partial charge is 0.244 e. The first-order valence-electron chi connectivity index (χ1n) is 7.37. The SMILES string of the molecule is CCC1CCCCCN1S(=O)(=O)c1ccc(CCl)cc1Br. The monoisotopic (exact) mass is 393 g/mol. The van der Waals surface area contributed by atoms with Crippen LogP contribution >= 0.6 is 27.5 Å². The first-order valence-corrected chi connectivity index (χ1v) is 10.1. The molecule has 0 aliphatic carbocycles. The minimum Gasteiger partial charge on any atom is -0.207 e. The van der Waals surface area contributed by atoms with Gasteiger partial charge in [0.15, 0.2) is 0 Å². The lowest BCUT2D eigenvalue weighted by atomic mass is 10.1. The number of hydrogen-bond acceptors (Lipinski definition) is 2. The fourth-order valence-corrected chi connectivity index (χ4v) is 5.86. The summed E-state index contributed by atoms with van der Waals surface area (Å²) < 4.78 is 28.3. The van der Waals surface area contributed by atoms with Gasteiger partial charge in [-0.1, -0.05) is 25.8 Å². The third-order valence-electron chi connectivity index (χ3n) is 4.03. The van der Waals surface area contributed by atoms with Crippen LogP contribution in [-0.2, 0) is 15.9 Å². The van der Waals surface area contributed by atoms with Gasteiger partial charge >= 0.3 is 0 Å². The molecule has 6 heteroatoms. The molecule has 0 saturated carbocycles. The van der Waals surface area contributed by atoms with Gasteiger partial charge in [-0.3, -0.25) is 0 Å². The first kappa shape index (κ1) is 17.3. The fraction of sp³-hybridized carbons (Fsp3) is 0.600. The average Bonchev–Trinajstić information content (AvgIpc) is 2.72. The van der Waals surface area contributed by atoms with Gasteiger partial charge in [0.05, 0.1) is 4.90 Å². The van der Waals surface area contributed by atoms with Gasteiger partial charge in [0, 0.05) is 22.9 Å². The summed E-state index contributed by atoms with van der Waals surface area (Å²) in [5, 5.41) is 0. The maximum Gasteiger partial charge on any atom is 0.244 e. The number of benzene rings is 1. The molecule has 118 valence electrons. The van der Waals surface area contributed by atoms with Gasteiger partial charge in [0.1, 0.15) is 0 Å². The molecule has 1 heterocycles. The average molecular weight is 395 g/mol. The van der Waals surface area contributed by atoms with E-state index in [1.807, 2.05) is 0 Å². The van der Waals surface area contributed by atoms with Crippen molar-refractivity contribution in [1.29, 1.82) is 0 Å². The number of nitrogens with zero attached hydrogens (tertiary/aromatic N) is 1. The molecule has 1 saturated heterocycles. The highest BCUT2D eigenvalue weighted by atomic mass is 79.9. The van der Waals surface area contributed by atoms with E-state index in [9.17, 15) is 8.42 Å². The van der Waals surface area contributed by atoms with Crippen molar-refractivity contribution in [2.75, 3.05) is 6.54 Å². The van der Waals surface area contributed by atoms with E-state index in [1.54, 1.807) is 22.5 Å². The lowest BCUT2D eigenvalue weighted by molar-refractivity contribution is 0.315. The Morgan fingerprint density at radius 2 is 2.10 bits per heavy atom. The lowest BCUT2D eigenvalue weighted by Crippen LogP contribution is -2.39. The maximum absolute atomic E-state index is 13.0. The number of hydrogen-bond donors (Lipinski definition) is 0. The van der Waals surface area contributed by atoms with Crippen molar-refractivity contribution < 1.29 is 8.42 Å². The Balaban J connectivity index is 2.39. The highest BCUT2D eigenvalue weighted by Crippen LogP contribution is 2.31. The van der Waals surface area contributed by atoms with Crippen molar-refractivity contribution in [3.05, 3.63) is 28.2 Å². The molecule has 21 heavy (non-hydrogen) atoms. The molecule has 3 nitrogen and oxygen atoms in total. The van der Waals surface area contributed by atoms with Crippen molar-refractivity contribution in [2.45, 2.75) is 55.8 Å². The molecule has 0 aromatic heterocycles. The molecule has 1 aromatic carbocycles. The van der Waals surface area contributed by atoms with Gasteiger partial charge in [0.2, 0.25) is 10.0 Å². The van der Waals surface area contributed by atoms with Crippen molar-refractivity contribution in [2.24, 2.45) is 0 Å². The zero-order valence-corrected chi connectivity index (χ0v) is 15.3. The van der Waals surface area contributed by atoms with Crippen LogP contribution in [0.1, 0.15) is 44.6 Å². The van der Waals surface area contributed by atoms with Gasteiger partial charge in [0.25, 0.3) is 0 Å². The molecular weight excluding hydrogens is 374 g/mol. The number of rotatable bonds is 4. The number of alkyl halides is 1. The molecule has 1 fully saturated rings. The van der Waals surface area contributed by atoms with Crippen LogP contribution < -0.4 is 0 Å². The Bertz CT molecular complexity index is 591. The van der Waals surface area contributed by atoms with E-state index >= 15 is 0 Å². The molecule has 0 bridgehead atoms. The lowest BCUT2D eigenvalue weighted by Gasteiger charge is -2.28. The van der Waals surface area contributed by atoms with Crippen LogP contribution in [0.4, 0.5) is 0 Å². The summed E-state index contributed by atoms with van der Waals surface area (Å²) in [5.41, 5.74) is 0.908. The molecule has 0 spiro atoms. The topological polar surface area (TPSA) is 37.4 Å². The molecule has 1 aromatic rings. The van der Waals surface area contributed by atoms with E-state index in [4.69, 9.17) is 11.6 Å². The standard InChI is InChI=1S/C15H21BrClNO2S/c1-2-13-6-4-3-5-9-18(13)21(19,20)15-8-7-12(11-17)10-14(15)16/h7-8,10,13H,2-6,9,11H2,1H3. The summed E-state index contributed by atoms with van der Waals surface area (Å²) in [6.07, 6.45) is 4.96. The van der Waals surface area contributed by atoms with Gasteiger partial charge < -0.3 is 0 Å². The van der Waals surface area contributed by atoms with Crippen LogP contribution in [0.5, 0.6) is 0 Å². The normalized spacial score (nSPS) is 21.2. The fourth-order valence-electron chi connectivity index (χ4n) is 2.84. The molecule has 1 aliphatic rings. The van der Waals surface area contributed by atoms with Gasteiger partial charge in [-0.05, 0) is 52.9 Å². The van der Waals surface area contributed by atoms with E-state index in [0.29, 0.717) is 21.8 Å². The van der Waals surface area contributed by atoms with Crippen LogP contribution in [0.3, 0.4) is 0 Å². The van der Waals surface area contributed by atoms with Crippen LogP contribution in [0.2, 0.25) is 0 Å². The second-order valence-electron chi connectivity index (χ2n) is 5.43. The molecule has 1 atom stereocenters. The predicted octanol–water partition coefficient (Wildman–Crippen LogP) is 4.53. The maximum atomic E-state index is 13.0. The van der Waals surface area contributed by atoms with Gasteiger partial charge in [-0.2, -0.15) is 4.31 Å². The third kappa shape index (κ3) is 3.81. The Morgan fingerprint density at radius 3 is 2.71 bits per heavy atom. The van der Waals surface area contributed by atoms with E-state index < -0.39 is 10.0 Å². The molecule has 2 rings (SSSR count). The smallest absolute Gasteiger partial charge is 0.207 e. The van der Waals surface area contributed by atoms with E-state index in [-0.39, 0.29) is 6.04 Å². The molecule has 1 unspecified atom stereocenters. The Kier molecular flexibility index (Phi) is 6.12. The Morgan fingerprint density at radius 1 is 1.33 bits per heavy atom. The van der Waals surface area contributed by atoms with Crippen LogP contribution in [0, 0.1) is 0 Å². The molecule has 0 radical (unpaired) electrons. The van der Waals surface area contributed by atoms with Crippen LogP contribution in [0.25, 0.3) is 0 Å². The van der Waals surface area contributed by atoms with Crippen molar-refractivity contribution in [3.63, 3.8) is 0 Å². The van der Waals surface area contributed by atoms with Crippen molar-refractivity contribution >= 4 is 37.6 Å². The Labute approximate surface area is 140 Å². The van der Waals surface area contributed by atoms with Gasteiger partial charge in [-0.25, -0.2) is 8.42 Å². The second-order valence-corrected chi connectivity index (χ2v) is 8.41. The van der Waals surface area contributed by atoms with E-state index in [0.717, 1.165) is 37.7 Å². The third-order valence-corrected chi connectivity index (χ3v) is 7.27. The highest BCUT2D eigenvalue weighted by molar-refractivity contribution is 9.10. The van der Waals surface area contributed by atoms with E-state index in [1.165, 1.54) is 0 Å². The van der Waals surface area contributed by atoms with Gasteiger partial charge in [-0.15, -0.1) is 11.6 Å². The highest BCUT2D eigenvalue weighted by Gasteiger charge is 2.32. The Hall–Kier alpha value is -0.100. The van der Waals surface area contributed by atoms with Crippen LogP contribution in [-0.4, -0.2) is 25.3 Å².